The molecular formula is C7H10N3. The van der Waals surface area contributed by atoms with Gasteiger partial charge in [0.05, 0.1) is 0 Å². The molecule has 1 aliphatic rings. The Balaban J connectivity index is 2.28. The van der Waals surface area contributed by atoms with Crippen molar-refractivity contribution in [1.29, 1.82) is 0 Å². The van der Waals surface area contributed by atoms with E-state index in [1.54, 1.807) is 0 Å². The van der Waals surface area contributed by atoms with Crippen LogP contribution >= 0.6 is 0 Å². The molecule has 1 radical (unpaired) electrons. The molecule has 2 heterocycles. The second-order valence-electron chi connectivity index (χ2n) is 2.68. The summed E-state index contributed by atoms with van der Waals surface area (Å²) in [5, 5.41) is 7.71. The maximum absolute atomic E-state index is 3.97. The maximum atomic E-state index is 3.97. The molecule has 0 aliphatic carbocycles. The third-order valence-corrected chi connectivity index (χ3v) is 1.92. The van der Waals surface area contributed by atoms with E-state index in [-0.39, 0.29) is 0 Å². The minimum atomic E-state index is 1.06. The van der Waals surface area contributed by atoms with Crippen LogP contribution in [0, 0.1) is 6.33 Å². The third kappa shape index (κ3) is 0.916. The van der Waals surface area contributed by atoms with Gasteiger partial charge in [-0.15, -0.1) is 10.2 Å². The first kappa shape index (κ1) is 5.89. The first-order valence-corrected chi connectivity index (χ1v) is 3.76. The minimum absolute atomic E-state index is 1.06. The zero-order chi connectivity index (χ0) is 6.81. The highest BCUT2D eigenvalue weighted by molar-refractivity contribution is 4.86. The van der Waals surface area contributed by atoms with Crippen LogP contribution in [-0.4, -0.2) is 14.8 Å². The number of fused-ring (bicyclic) bond motifs is 1. The zero-order valence-corrected chi connectivity index (χ0v) is 5.88. The molecule has 0 saturated heterocycles. The molecule has 1 aliphatic heterocycles. The number of hydrogen-bond donors (Lipinski definition) is 0. The van der Waals surface area contributed by atoms with Gasteiger partial charge in [-0.1, -0.05) is 6.42 Å². The largest absolute Gasteiger partial charge is 0.308 e. The maximum Gasteiger partial charge on any atom is 0.202 e. The molecule has 0 amide bonds. The quantitative estimate of drug-likeness (QED) is 0.528. The van der Waals surface area contributed by atoms with Crippen molar-refractivity contribution in [3.05, 3.63) is 12.2 Å². The highest BCUT2D eigenvalue weighted by atomic mass is 15.3. The van der Waals surface area contributed by atoms with Crippen molar-refractivity contribution in [3.8, 4) is 0 Å². The van der Waals surface area contributed by atoms with E-state index in [0.717, 1.165) is 18.8 Å². The van der Waals surface area contributed by atoms with E-state index in [1.165, 1.54) is 19.3 Å². The summed E-state index contributed by atoms with van der Waals surface area (Å²) in [6, 6.07) is 0. The van der Waals surface area contributed by atoms with Gasteiger partial charge in [0, 0.05) is 13.0 Å². The smallest absolute Gasteiger partial charge is 0.202 e. The molecule has 0 unspecified atom stereocenters. The van der Waals surface area contributed by atoms with Gasteiger partial charge in [0.2, 0.25) is 6.33 Å². The van der Waals surface area contributed by atoms with Crippen molar-refractivity contribution < 1.29 is 0 Å². The van der Waals surface area contributed by atoms with Crippen molar-refractivity contribution in [1.82, 2.24) is 14.8 Å². The van der Waals surface area contributed by atoms with Crippen molar-refractivity contribution in [3.63, 3.8) is 0 Å². The molecular weight excluding hydrogens is 126 g/mol. The van der Waals surface area contributed by atoms with E-state index >= 15 is 0 Å². The fourth-order valence-electron chi connectivity index (χ4n) is 1.34. The van der Waals surface area contributed by atoms with Crippen LogP contribution in [0.25, 0.3) is 0 Å². The van der Waals surface area contributed by atoms with E-state index in [1.807, 2.05) is 4.57 Å². The number of aryl methyl sites for hydroxylation is 2. The molecule has 0 N–H and O–H groups in total. The molecule has 53 valence electrons. The zero-order valence-electron chi connectivity index (χ0n) is 5.88. The highest BCUT2D eigenvalue weighted by Crippen LogP contribution is 2.10. The summed E-state index contributed by atoms with van der Waals surface area (Å²) in [5.74, 6) is 1.11. The Hall–Kier alpha value is -0.860. The van der Waals surface area contributed by atoms with E-state index in [9.17, 15) is 0 Å². The lowest BCUT2D eigenvalue weighted by Crippen LogP contribution is -1.98. The predicted octanol–water partition coefficient (Wildman–Crippen LogP) is 0.805. The summed E-state index contributed by atoms with van der Waals surface area (Å²) in [4.78, 5) is 0. The SMILES string of the molecule is [c]1nnc2n1CCCCC2. The second kappa shape index (κ2) is 2.40. The summed E-state index contributed by atoms with van der Waals surface area (Å²) < 4.78 is 2.03. The molecule has 10 heavy (non-hydrogen) atoms. The average molecular weight is 136 g/mol. The molecule has 0 saturated carbocycles. The van der Waals surface area contributed by atoms with Crippen LogP contribution in [0.2, 0.25) is 0 Å². The summed E-state index contributed by atoms with van der Waals surface area (Å²) in [6.45, 7) is 1.06. The molecule has 0 atom stereocenters. The van der Waals surface area contributed by atoms with Crippen molar-refractivity contribution >= 4 is 0 Å². The molecule has 1 aromatic rings. The van der Waals surface area contributed by atoms with Crippen LogP contribution < -0.4 is 0 Å². The third-order valence-electron chi connectivity index (χ3n) is 1.92. The van der Waals surface area contributed by atoms with E-state index in [2.05, 4.69) is 16.5 Å². The Morgan fingerprint density at radius 3 is 3.30 bits per heavy atom. The average Bonchev–Trinajstić information content (AvgIpc) is 2.28. The standard InChI is InChI=1S/C7H10N3/c1-2-4-7-9-8-6-10(7)5-3-1/h1-5H2. The lowest BCUT2D eigenvalue weighted by atomic mass is 10.2. The van der Waals surface area contributed by atoms with Crippen LogP contribution in [-0.2, 0) is 13.0 Å². The van der Waals surface area contributed by atoms with Gasteiger partial charge in [-0.05, 0) is 12.8 Å². The Bertz CT molecular complexity index is 196. The molecule has 0 aromatic carbocycles. The molecule has 0 spiro atoms. The van der Waals surface area contributed by atoms with Crippen LogP contribution in [0.15, 0.2) is 0 Å². The predicted molar refractivity (Wildman–Crippen MR) is 36.4 cm³/mol. The fraction of sp³-hybridized carbons (Fsp3) is 0.714. The molecule has 2 rings (SSSR count). The second-order valence-corrected chi connectivity index (χ2v) is 2.68. The normalized spacial score (nSPS) is 18.0. The van der Waals surface area contributed by atoms with E-state index < -0.39 is 0 Å². The summed E-state index contributed by atoms with van der Waals surface area (Å²) >= 11 is 0. The van der Waals surface area contributed by atoms with Crippen LogP contribution in [0.5, 0.6) is 0 Å². The Kier molecular flexibility index (Phi) is 1.42. The number of rotatable bonds is 0. The van der Waals surface area contributed by atoms with Gasteiger partial charge in [0.1, 0.15) is 5.82 Å². The molecule has 1 aromatic heterocycles. The van der Waals surface area contributed by atoms with Crippen LogP contribution in [0.3, 0.4) is 0 Å². The van der Waals surface area contributed by atoms with E-state index in [0.29, 0.717) is 0 Å². The molecule has 0 bridgehead atoms. The van der Waals surface area contributed by atoms with Gasteiger partial charge in [0.15, 0.2) is 0 Å². The van der Waals surface area contributed by atoms with Gasteiger partial charge in [-0.25, -0.2) is 0 Å². The number of nitrogens with zero attached hydrogens (tertiary/aromatic N) is 3. The molecule has 0 fully saturated rings. The lowest BCUT2D eigenvalue weighted by molar-refractivity contribution is 0.629. The summed E-state index contributed by atoms with van der Waals surface area (Å²) in [7, 11) is 0. The van der Waals surface area contributed by atoms with Gasteiger partial charge < -0.3 is 4.57 Å². The number of hydrogen-bond acceptors (Lipinski definition) is 2. The minimum Gasteiger partial charge on any atom is -0.308 e. The van der Waals surface area contributed by atoms with Crippen LogP contribution in [0.1, 0.15) is 25.1 Å². The molecule has 3 heteroatoms. The first-order chi connectivity index (χ1) is 4.97. The molecule has 3 nitrogen and oxygen atoms in total. The topological polar surface area (TPSA) is 30.7 Å². The van der Waals surface area contributed by atoms with Gasteiger partial charge >= 0.3 is 0 Å². The monoisotopic (exact) mass is 136 g/mol. The number of aromatic nitrogens is 3. The van der Waals surface area contributed by atoms with Gasteiger partial charge in [0.25, 0.3) is 0 Å². The fourth-order valence-corrected chi connectivity index (χ4v) is 1.34. The van der Waals surface area contributed by atoms with Gasteiger partial charge in [-0.2, -0.15) is 0 Å². The summed E-state index contributed by atoms with van der Waals surface area (Å²) in [5.41, 5.74) is 0. The first-order valence-electron chi connectivity index (χ1n) is 3.76. The van der Waals surface area contributed by atoms with Crippen molar-refractivity contribution in [2.24, 2.45) is 0 Å². The Morgan fingerprint density at radius 2 is 2.30 bits per heavy atom. The summed E-state index contributed by atoms with van der Waals surface area (Å²) in [6.07, 6.45) is 7.76. The Morgan fingerprint density at radius 1 is 1.30 bits per heavy atom. The van der Waals surface area contributed by atoms with Crippen LogP contribution in [0.4, 0.5) is 0 Å². The highest BCUT2D eigenvalue weighted by Gasteiger charge is 2.07. The van der Waals surface area contributed by atoms with Gasteiger partial charge in [-0.3, -0.25) is 0 Å². The lowest BCUT2D eigenvalue weighted by Gasteiger charge is -1.96. The van der Waals surface area contributed by atoms with E-state index in [4.69, 9.17) is 0 Å². The van der Waals surface area contributed by atoms with Crippen molar-refractivity contribution in [2.45, 2.75) is 32.2 Å². The Labute approximate surface area is 60.1 Å². The van der Waals surface area contributed by atoms with Crippen molar-refractivity contribution in [2.75, 3.05) is 0 Å².